The average molecular weight is 316 g/mol. The fourth-order valence-electron chi connectivity index (χ4n) is 1.91. The molecule has 1 aromatic carbocycles. The van der Waals surface area contributed by atoms with Gasteiger partial charge in [0.15, 0.2) is 0 Å². The number of nitrogens with zero attached hydrogens (tertiary/aromatic N) is 1. The number of hydrogen-bond donors (Lipinski definition) is 0. The highest BCUT2D eigenvalue weighted by Gasteiger charge is 2.17. The van der Waals surface area contributed by atoms with E-state index in [1.165, 1.54) is 0 Å². The molecule has 0 saturated heterocycles. The van der Waals surface area contributed by atoms with Gasteiger partial charge in [-0.25, -0.2) is 8.42 Å². The highest BCUT2D eigenvalue weighted by atomic mass is 35.7. The maximum atomic E-state index is 11.5. The summed E-state index contributed by atoms with van der Waals surface area (Å²) in [5.74, 6) is 0.647. The molecule has 20 heavy (non-hydrogen) atoms. The first-order valence-corrected chi connectivity index (χ1v) is 8.60. The van der Waals surface area contributed by atoms with Gasteiger partial charge in [0.05, 0.1) is 10.6 Å². The zero-order chi connectivity index (χ0) is 15.5. The molecule has 0 fully saturated rings. The first-order chi connectivity index (χ1) is 9.30. The van der Waals surface area contributed by atoms with Gasteiger partial charge in [0.25, 0.3) is 9.05 Å². The van der Waals surface area contributed by atoms with Crippen LogP contribution >= 0.6 is 10.7 Å². The number of halogens is 1. The highest BCUT2D eigenvalue weighted by molar-refractivity contribution is 8.13. The summed E-state index contributed by atoms with van der Waals surface area (Å²) in [6, 6.07) is 5.09. The third-order valence-electron chi connectivity index (χ3n) is 2.77. The monoisotopic (exact) mass is 315 g/mol. The second-order valence-corrected chi connectivity index (χ2v) is 6.65. The Bertz CT molecular complexity index is 686. The van der Waals surface area contributed by atoms with Crippen molar-refractivity contribution in [2.75, 3.05) is 0 Å². The van der Waals surface area contributed by atoms with Crippen molar-refractivity contribution in [2.45, 2.75) is 39.5 Å². The van der Waals surface area contributed by atoms with Crippen LogP contribution in [-0.2, 0) is 9.05 Å². The van der Waals surface area contributed by atoms with Gasteiger partial charge >= 0.3 is 0 Å². The molecule has 0 aliphatic carbocycles. The molecule has 0 spiro atoms. The van der Waals surface area contributed by atoms with Crippen molar-refractivity contribution in [1.82, 2.24) is 5.16 Å². The van der Waals surface area contributed by atoms with Crippen LogP contribution in [0.25, 0.3) is 11.1 Å². The standard InChI is InChI=1S/C12H12ClNO3S.C2H6/c1-7-4-5-10(6-11(7)18(13,15)16)12-8(2)14-17-9(12)3;1-2/h4-6H,1-3H3;1-2H3. The quantitative estimate of drug-likeness (QED) is 0.778. The van der Waals surface area contributed by atoms with Gasteiger partial charge in [-0.2, -0.15) is 0 Å². The number of aryl methyl sites for hydroxylation is 3. The molecular weight excluding hydrogens is 298 g/mol. The molecule has 0 atom stereocenters. The van der Waals surface area contributed by atoms with Crippen LogP contribution in [0.5, 0.6) is 0 Å². The predicted molar refractivity (Wildman–Crippen MR) is 80.5 cm³/mol. The van der Waals surface area contributed by atoms with Crippen LogP contribution in [0.4, 0.5) is 0 Å². The Hall–Kier alpha value is -1.33. The number of rotatable bonds is 2. The first-order valence-electron chi connectivity index (χ1n) is 6.29. The lowest BCUT2D eigenvalue weighted by molar-refractivity contribution is 0.393. The molecule has 6 heteroatoms. The third-order valence-corrected chi connectivity index (χ3v) is 4.24. The molecule has 2 rings (SSSR count). The molecule has 1 heterocycles. The summed E-state index contributed by atoms with van der Waals surface area (Å²) in [5, 5.41) is 3.85. The van der Waals surface area contributed by atoms with Gasteiger partial charge in [-0.1, -0.05) is 31.1 Å². The van der Waals surface area contributed by atoms with E-state index in [4.69, 9.17) is 15.2 Å². The summed E-state index contributed by atoms with van der Waals surface area (Å²) in [4.78, 5) is 0.113. The van der Waals surface area contributed by atoms with E-state index in [-0.39, 0.29) is 4.90 Å². The summed E-state index contributed by atoms with van der Waals surface area (Å²) in [6.07, 6.45) is 0. The molecule has 0 amide bonds. The largest absolute Gasteiger partial charge is 0.361 e. The fourth-order valence-corrected chi connectivity index (χ4v) is 3.13. The average Bonchev–Trinajstić information content (AvgIpc) is 2.71. The van der Waals surface area contributed by atoms with E-state index < -0.39 is 9.05 Å². The fraction of sp³-hybridized carbons (Fsp3) is 0.357. The number of aromatic nitrogens is 1. The van der Waals surface area contributed by atoms with Gasteiger partial charge in [-0.15, -0.1) is 0 Å². The van der Waals surface area contributed by atoms with Crippen LogP contribution in [0.3, 0.4) is 0 Å². The van der Waals surface area contributed by atoms with E-state index in [0.717, 1.165) is 11.1 Å². The molecule has 0 aliphatic rings. The van der Waals surface area contributed by atoms with Crippen molar-refractivity contribution < 1.29 is 12.9 Å². The van der Waals surface area contributed by atoms with Crippen molar-refractivity contribution in [3.8, 4) is 11.1 Å². The maximum absolute atomic E-state index is 11.5. The summed E-state index contributed by atoms with van der Waals surface area (Å²) in [7, 11) is 1.66. The van der Waals surface area contributed by atoms with E-state index in [1.807, 2.05) is 19.9 Å². The second-order valence-electron chi connectivity index (χ2n) is 4.12. The molecule has 0 bridgehead atoms. The van der Waals surface area contributed by atoms with Gasteiger partial charge in [0, 0.05) is 16.2 Å². The zero-order valence-electron chi connectivity index (χ0n) is 12.2. The minimum Gasteiger partial charge on any atom is -0.361 e. The van der Waals surface area contributed by atoms with Crippen molar-refractivity contribution in [1.29, 1.82) is 0 Å². The number of benzene rings is 1. The zero-order valence-corrected chi connectivity index (χ0v) is 13.8. The number of hydrogen-bond acceptors (Lipinski definition) is 4. The van der Waals surface area contributed by atoms with E-state index in [2.05, 4.69) is 5.16 Å². The first kappa shape index (κ1) is 16.7. The van der Waals surface area contributed by atoms with Gasteiger partial charge in [-0.05, 0) is 38.0 Å². The Balaban J connectivity index is 0.000000956. The Morgan fingerprint density at radius 2 is 1.75 bits per heavy atom. The summed E-state index contributed by atoms with van der Waals surface area (Å²) in [5.41, 5.74) is 2.86. The topological polar surface area (TPSA) is 60.2 Å². The lowest BCUT2D eigenvalue weighted by Crippen LogP contribution is -1.95. The van der Waals surface area contributed by atoms with E-state index in [0.29, 0.717) is 17.0 Å². The Morgan fingerprint density at radius 3 is 2.20 bits per heavy atom. The Labute approximate surface area is 124 Å². The molecule has 0 saturated carbocycles. The van der Waals surface area contributed by atoms with Crippen molar-refractivity contribution in [3.05, 3.63) is 35.2 Å². The molecule has 0 aliphatic heterocycles. The molecule has 2 aromatic rings. The molecule has 0 unspecified atom stereocenters. The summed E-state index contributed by atoms with van der Waals surface area (Å²) >= 11 is 0. The minimum absolute atomic E-state index is 0.113. The smallest absolute Gasteiger partial charge is 0.261 e. The van der Waals surface area contributed by atoms with Gasteiger partial charge in [-0.3, -0.25) is 0 Å². The van der Waals surface area contributed by atoms with E-state index in [9.17, 15) is 8.42 Å². The van der Waals surface area contributed by atoms with Crippen LogP contribution < -0.4 is 0 Å². The molecular formula is C14H18ClNO3S. The van der Waals surface area contributed by atoms with Crippen molar-refractivity contribution in [2.24, 2.45) is 0 Å². The predicted octanol–water partition coefficient (Wildman–Crippen LogP) is 4.22. The lowest BCUT2D eigenvalue weighted by atomic mass is 10.0. The maximum Gasteiger partial charge on any atom is 0.261 e. The van der Waals surface area contributed by atoms with Crippen LogP contribution in [0.2, 0.25) is 0 Å². The van der Waals surface area contributed by atoms with Gasteiger partial charge in [0.1, 0.15) is 5.76 Å². The lowest BCUT2D eigenvalue weighted by Gasteiger charge is -2.06. The van der Waals surface area contributed by atoms with Crippen LogP contribution in [0.15, 0.2) is 27.6 Å². The highest BCUT2D eigenvalue weighted by Crippen LogP contribution is 2.30. The summed E-state index contributed by atoms with van der Waals surface area (Å²) in [6.45, 7) is 9.29. The SMILES string of the molecule is CC.Cc1ccc(-c2c(C)noc2C)cc1S(=O)(=O)Cl. The molecule has 4 nitrogen and oxygen atoms in total. The third kappa shape index (κ3) is 3.41. The van der Waals surface area contributed by atoms with Crippen molar-refractivity contribution in [3.63, 3.8) is 0 Å². The normalized spacial score (nSPS) is 10.9. The molecule has 110 valence electrons. The van der Waals surface area contributed by atoms with Gasteiger partial charge < -0.3 is 4.52 Å². The molecule has 0 N–H and O–H groups in total. The van der Waals surface area contributed by atoms with Crippen LogP contribution in [0.1, 0.15) is 30.9 Å². The van der Waals surface area contributed by atoms with Crippen LogP contribution in [-0.4, -0.2) is 13.6 Å². The van der Waals surface area contributed by atoms with E-state index in [1.54, 1.807) is 32.9 Å². The van der Waals surface area contributed by atoms with Crippen molar-refractivity contribution >= 4 is 19.7 Å². The second kappa shape index (κ2) is 6.41. The Kier molecular flexibility index (Phi) is 5.36. The summed E-state index contributed by atoms with van der Waals surface area (Å²) < 4.78 is 28.0. The minimum atomic E-state index is -3.75. The molecule has 0 radical (unpaired) electrons. The van der Waals surface area contributed by atoms with Gasteiger partial charge in [0.2, 0.25) is 0 Å². The molecule has 1 aromatic heterocycles. The Morgan fingerprint density at radius 1 is 1.15 bits per heavy atom. The van der Waals surface area contributed by atoms with E-state index >= 15 is 0 Å². The van der Waals surface area contributed by atoms with Crippen LogP contribution in [0, 0.1) is 20.8 Å².